The first-order valence-electron chi connectivity index (χ1n) is 4.47. The highest BCUT2D eigenvalue weighted by Crippen LogP contribution is 1.83. The maximum Gasteiger partial charge on any atom is 0.0897 e. The van der Waals surface area contributed by atoms with E-state index < -0.39 is 6.10 Å². The summed E-state index contributed by atoms with van der Waals surface area (Å²) in [4.78, 5) is 0. The Balaban J connectivity index is 3.02. The fourth-order valence-electron chi connectivity index (χ4n) is 0.809. The van der Waals surface area contributed by atoms with Crippen LogP contribution in [0.3, 0.4) is 0 Å². The van der Waals surface area contributed by atoms with Gasteiger partial charge in [-0.05, 0) is 26.4 Å². The van der Waals surface area contributed by atoms with E-state index in [4.69, 9.17) is 10.5 Å². The molecule has 4 N–H and O–H groups in total. The minimum Gasteiger partial charge on any atom is -0.389 e. The highest BCUT2D eigenvalue weighted by Gasteiger charge is 2.01. The van der Waals surface area contributed by atoms with E-state index in [1.165, 1.54) is 0 Å². The zero-order chi connectivity index (χ0) is 9.23. The number of rotatable bonds is 8. The van der Waals surface area contributed by atoms with Gasteiger partial charge >= 0.3 is 0 Å². The molecule has 0 aliphatic heterocycles. The number of hydrogen-bond donors (Lipinski definition) is 3. The van der Waals surface area contributed by atoms with Crippen LogP contribution in [0.2, 0.25) is 0 Å². The van der Waals surface area contributed by atoms with Crippen LogP contribution < -0.4 is 11.1 Å². The van der Waals surface area contributed by atoms with Crippen LogP contribution in [0.25, 0.3) is 0 Å². The molecule has 0 fully saturated rings. The van der Waals surface area contributed by atoms with Crippen molar-refractivity contribution < 1.29 is 9.84 Å². The first kappa shape index (κ1) is 11.8. The average molecular weight is 176 g/mol. The molecule has 0 bridgehead atoms. The lowest BCUT2D eigenvalue weighted by atomic mass is 10.3. The van der Waals surface area contributed by atoms with E-state index in [-0.39, 0.29) is 0 Å². The van der Waals surface area contributed by atoms with Crippen molar-refractivity contribution in [3.63, 3.8) is 0 Å². The van der Waals surface area contributed by atoms with Crippen molar-refractivity contribution in [3.8, 4) is 0 Å². The SMILES string of the molecule is CCOCC(O)CNCCCN. The van der Waals surface area contributed by atoms with Crippen molar-refractivity contribution >= 4 is 0 Å². The Morgan fingerprint density at radius 2 is 2.33 bits per heavy atom. The quantitative estimate of drug-likeness (QED) is 0.429. The van der Waals surface area contributed by atoms with Gasteiger partial charge in [-0.1, -0.05) is 0 Å². The third kappa shape index (κ3) is 7.94. The third-order valence-electron chi connectivity index (χ3n) is 1.45. The van der Waals surface area contributed by atoms with Crippen LogP contribution in [-0.2, 0) is 4.74 Å². The Hall–Kier alpha value is -0.160. The fourth-order valence-corrected chi connectivity index (χ4v) is 0.809. The molecule has 1 unspecified atom stereocenters. The number of ether oxygens (including phenoxy) is 1. The highest BCUT2D eigenvalue weighted by atomic mass is 16.5. The molecule has 0 heterocycles. The minimum absolute atomic E-state index is 0.400. The molecule has 74 valence electrons. The van der Waals surface area contributed by atoms with Gasteiger partial charge < -0.3 is 20.9 Å². The Morgan fingerprint density at radius 3 is 2.92 bits per heavy atom. The Kier molecular flexibility index (Phi) is 8.81. The van der Waals surface area contributed by atoms with E-state index in [1.54, 1.807) is 0 Å². The number of aliphatic hydroxyl groups excluding tert-OH is 1. The summed E-state index contributed by atoms with van der Waals surface area (Å²) in [6, 6.07) is 0. The summed E-state index contributed by atoms with van der Waals surface area (Å²) in [6.07, 6.45) is 0.546. The van der Waals surface area contributed by atoms with Crippen LogP contribution in [0, 0.1) is 0 Å². The lowest BCUT2D eigenvalue weighted by Crippen LogP contribution is -2.31. The maximum atomic E-state index is 9.26. The number of nitrogens with two attached hydrogens (primary N) is 1. The van der Waals surface area contributed by atoms with Crippen LogP contribution in [0.15, 0.2) is 0 Å². The van der Waals surface area contributed by atoms with Crippen molar-refractivity contribution in [1.82, 2.24) is 5.32 Å². The summed E-state index contributed by atoms with van der Waals surface area (Å²) in [5.41, 5.74) is 5.30. The molecular formula is C8H20N2O2. The van der Waals surface area contributed by atoms with Crippen molar-refractivity contribution in [2.75, 3.05) is 32.8 Å². The summed E-state index contributed by atoms with van der Waals surface area (Å²) < 4.78 is 5.04. The normalized spacial score (nSPS) is 13.2. The van der Waals surface area contributed by atoms with E-state index >= 15 is 0 Å². The molecule has 0 aromatic carbocycles. The second-order valence-corrected chi connectivity index (χ2v) is 2.66. The molecule has 0 saturated carbocycles. The van der Waals surface area contributed by atoms with Gasteiger partial charge in [0, 0.05) is 13.2 Å². The van der Waals surface area contributed by atoms with Gasteiger partial charge in [0.2, 0.25) is 0 Å². The maximum absolute atomic E-state index is 9.26. The molecule has 1 atom stereocenters. The molecule has 0 saturated heterocycles. The third-order valence-corrected chi connectivity index (χ3v) is 1.45. The molecule has 4 heteroatoms. The minimum atomic E-state index is -0.400. The summed E-state index contributed by atoms with van der Waals surface area (Å²) >= 11 is 0. The topological polar surface area (TPSA) is 67.5 Å². The van der Waals surface area contributed by atoms with Gasteiger partial charge in [-0.25, -0.2) is 0 Å². The van der Waals surface area contributed by atoms with Gasteiger partial charge in [0.25, 0.3) is 0 Å². The van der Waals surface area contributed by atoms with Crippen LogP contribution >= 0.6 is 0 Å². The molecule has 0 amide bonds. The van der Waals surface area contributed by atoms with Crippen LogP contribution in [0.4, 0.5) is 0 Å². The van der Waals surface area contributed by atoms with Crippen molar-refractivity contribution in [3.05, 3.63) is 0 Å². The van der Waals surface area contributed by atoms with Gasteiger partial charge in [0.05, 0.1) is 12.7 Å². The summed E-state index contributed by atoms with van der Waals surface area (Å²) in [6.45, 7) is 5.11. The molecule has 0 aromatic rings. The van der Waals surface area contributed by atoms with E-state index in [0.29, 0.717) is 26.3 Å². The van der Waals surface area contributed by atoms with Crippen LogP contribution in [-0.4, -0.2) is 44.1 Å². The number of nitrogens with one attached hydrogen (secondary N) is 1. The Bertz CT molecular complexity index is 91.1. The van der Waals surface area contributed by atoms with Gasteiger partial charge in [-0.15, -0.1) is 0 Å². The molecule has 4 nitrogen and oxygen atoms in total. The van der Waals surface area contributed by atoms with Crippen LogP contribution in [0.1, 0.15) is 13.3 Å². The molecule has 0 rings (SSSR count). The van der Waals surface area contributed by atoms with E-state index in [9.17, 15) is 5.11 Å². The first-order chi connectivity index (χ1) is 5.81. The van der Waals surface area contributed by atoms with Crippen LogP contribution in [0.5, 0.6) is 0 Å². The molecular weight excluding hydrogens is 156 g/mol. The van der Waals surface area contributed by atoms with Gasteiger partial charge in [-0.2, -0.15) is 0 Å². The molecule has 0 spiro atoms. The monoisotopic (exact) mass is 176 g/mol. The fraction of sp³-hybridized carbons (Fsp3) is 1.00. The smallest absolute Gasteiger partial charge is 0.0897 e. The lowest BCUT2D eigenvalue weighted by molar-refractivity contribution is 0.0430. The van der Waals surface area contributed by atoms with E-state index in [1.807, 2.05) is 6.92 Å². The van der Waals surface area contributed by atoms with Crippen molar-refractivity contribution in [1.29, 1.82) is 0 Å². The second kappa shape index (κ2) is 8.93. The summed E-state index contributed by atoms with van der Waals surface area (Å²) in [5, 5.41) is 12.3. The molecule has 12 heavy (non-hydrogen) atoms. The summed E-state index contributed by atoms with van der Waals surface area (Å²) in [7, 11) is 0. The first-order valence-corrected chi connectivity index (χ1v) is 4.47. The zero-order valence-electron chi connectivity index (χ0n) is 7.75. The van der Waals surface area contributed by atoms with Gasteiger partial charge in [-0.3, -0.25) is 0 Å². The molecule has 0 radical (unpaired) electrons. The van der Waals surface area contributed by atoms with E-state index in [2.05, 4.69) is 5.32 Å². The van der Waals surface area contributed by atoms with Gasteiger partial charge in [0.15, 0.2) is 0 Å². The standard InChI is InChI=1S/C8H20N2O2/c1-2-12-7-8(11)6-10-5-3-4-9/h8,10-11H,2-7,9H2,1H3. The predicted molar refractivity (Wildman–Crippen MR) is 49.0 cm³/mol. The summed E-state index contributed by atoms with van der Waals surface area (Å²) in [5.74, 6) is 0. The Labute approximate surface area is 74.1 Å². The van der Waals surface area contributed by atoms with E-state index in [0.717, 1.165) is 13.0 Å². The average Bonchev–Trinajstić information content (AvgIpc) is 2.09. The Morgan fingerprint density at radius 1 is 1.58 bits per heavy atom. The highest BCUT2D eigenvalue weighted by molar-refractivity contribution is 4.58. The second-order valence-electron chi connectivity index (χ2n) is 2.66. The molecule has 0 aliphatic rings. The van der Waals surface area contributed by atoms with Crippen molar-refractivity contribution in [2.24, 2.45) is 5.73 Å². The molecule has 0 aliphatic carbocycles. The number of aliphatic hydroxyl groups is 1. The van der Waals surface area contributed by atoms with Gasteiger partial charge in [0.1, 0.15) is 0 Å². The number of hydrogen-bond acceptors (Lipinski definition) is 4. The van der Waals surface area contributed by atoms with Crippen molar-refractivity contribution in [2.45, 2.75) is 19.4 Å². The largest absolute Gasteiger partial charge is 0.389 e. The molecule has 0 aromatic heterocycles. The predicted octanol–water partition coefficient (Wildman–Crippen LogP) is -0.678. The lowest BCUT2D eigenvalue weighted by Gasteiger charge is -2.10. The zero-order valence-corrected chi connectivity index (χ0v) is 7.75.